The van der Waals surface area contributed by atoms with E-state index in [0.717, 1.165) is 15.8 Å². The largest absolute Gasteiger partial charge is 0.465 e. The number of rotatable bonds is 6. The Balaban J connectivity index is 1.71. The van der Waals surface area contributed by atoms with Crippen LogP contribution in [0.2, 0.25) is 0 Å². The Hall–Kier alpha value is -2.31. The summed E-state index contributed by atoms with van der Waals surface area (Å²) in [6.07, 6.45) is 0. The summed E-state index contributed by atoms with van der Waals surface area (Å²) in [6.45, 7) is 0. The van der Waals surface area contributed by atoms with E-state index < -0.39 is 5.97 Å². The summed E-state index contributed by atoms with van der Waals surface area (Å²) in [5.41, 5.74) is 1.72. The smallest absolute Gasteiger partial charge is 0.350 e. The summed E-state index contributed by atoms with van der Waals surface area (Å²) in [6, 6.07) is 17.6. The Morgan fingerprint density at radius 1 is 1.08 bits per heavy atom. The summed E-state index contributed by atoms with van der Waals surface area (Å²) >= 11 is 2.86. The maximum absolute atomic E-state index is 12.3. The molecule has 0 saturated heterocycles. The van der Waals surface area contributed by atoms with Gasteiger partial charge in [0, 0.05) is 15.8 Å². The molecular weight excluding hydrogens is 354 g/mol. The number of methoxy groups -OCH3 is 1. The van der Waals surface area contributed by atoms with Crippen LogP contribution in [0.5, 0.6) is 0 Å². The molecule has 128 valence electrons. The zero-order valence-electron chi connectivity index (χ0n) is 13.7. The average Bonchev–Trinajstić information content (AvgIpc) is 3.00. The molecule has 6 heteroatoms. The van der Waals surface area contributed by atoms with E-state index in [9.17, 15) is 9.59 Å². The molecule has 1 aromatic heterocycles. The molecule has 0 aliphatic heterocycles. The van der Waals surface area contributed by atoms with Crippen LogP contribution in [-0.2, 0) is 15.3 Å². The second-order valence-corrected chi connectivity index (χ2v) is 7.36. The third-order valence-electron chi connectivity index (χ3n) is 3.58. The average molecular weight is 371 g/mol. The van der Waals surface area contributed by atoms with E-state index >= 15 is 0 Å². The Labute approximate surface area is 154 Å². The van der Waals surface area contributed by atoms with Crippen molar-refractivity contribution in [1.82, 2.24) is 0 Å². The molecule has 1 amide bonds. The highest BCUT2D eigenvalue weighted by Gasteiger charge is 2.20. The second kappa shape index (κ2) is 8.18. The molecule has 1 N–H and O–H groups in total. The van der Waals surface area contributed by atoms with Gasteiger partial charge < -0.3 is 10.1 Å². The number of nitrogens with one attached hydrogen (secondary N) is 1. The Bertz CT molecular complexity index is 890. The maximum atomic E-state index is 12.3. The van der Waals surface area contributed by atoms with E-state index in [0.29, 0.717) is 16.3 Å². The fourth-order valence-corrected chi connectivity index (χ4v) is 4.28. The number of carbonyl (C=O) groups excluding carboxylic acids is 2. The topological polar surface area (TPSA) is 55.4 Å². The first-order valence-electron chi connectivity index (χ1n) is 7.70. The lowest BCUT2D eigenvalue weighted by Crippen LogP contribution is -2.16. The van der Waals surface area contributed by atoms with Gasteiger partial charge in [-0.15, -0.1) is 23.1 Å². The molecule has 0 bridgehead atoms. The highest BCUT2D eigenvalue weighted by molar-refractivity contribution is 7.99. The van der Waals surface area contributed by atoms with Crippen LogP contribution in [-0.4, -0.2) is 24.7 Å². The van der Waals surface area contributed by atoms with E-state index in [-0.39, 0.29) is 5.91 Å². The number of fused-ring (bicyclic) bond motifs is 1. The summed E-state index contributed by atoms with van der Waals surface area (Å²) in [4.78, 5) is 24.8. The Morgan fingerprint density at radius 3 is 2.56 bits per heavy atom. The normalized spacial score (nSPS) is 10.6. The third-order valence-corrected chi connectivity index (χ3v) is 5.73. The van der Waals surface area contributed by atoms with E-state index in [1.807, 2.05) is 54.6 Å². The lowest BCUT2D eigenvalue weighted by Gasteiger charge is -2.07. The van der Waals surface area contributed by atoms with Crippen molar-refractivity contribution in [3.8, 4) is 0 Å². The number of thiophene rings is 1. The minimum absolute atomic E-state index is 0.130. The number of anilines is 1. The van der Waals surface area contributed by atoms with Gasteiger partial charge in [0.05, 0.1) is 18.6 Å². The van der Waals surface area contributed by atoms with Crippen molar-refractivity contribution in [2.24, 2.45) is 0 Å². The van der Waals surface area contributed by atoms with Crippen molar-refractivity contribution in [3.05, 3.63) is 65.0 Å². The maximum Gasteiger partial charge on any atom is 0.350 e. The zero-order chi connectivity index (χ0) is 17.6. The third kappa shape index (κ3) is 4.21. The minimum atomic E-state index is -0.437. The number of hydrogen-bond donors (Lipinski definition) is 1. The molecule has 3 rings (SSSR count). The molecule has 4 nitrogen and oxygen atoms in total. The first-order chi connectivity index (χ1) is 12.2. The number of carbonyl (C=O) groups is 2. The van der Waals surface area contributed by atoms with Crippen molar-refractivity contribution < 1.29 is 14.3 Å². The summed E-state index contributed by atoms with van der Waals surface area (Å²) in [5, 5.41) is 3.74. The van der Waals surface area contributed by atoms with Gasteiger partial charge in [0.1, 0.15) is 4.88 Å². The molecule has 0 unspecified atom stereocenters. The van der Waals surface area contributed by atoms with Crippen LogP contribution in [0.15, 0.2) is 54.6 Å². The van der Waals surface area contributed by atoms with Crippen molar-refractivity contribution in [3.63, 3.8) is 0 Å². The van der Waals surface area contributed by atoms with Gasteiger partial charge in [-0.3, -0.25) is 4.79 Å². The number of benzene rings is 2. The lowest BCUT2D eigenvalue weighted by molar-refractivity contribution is -0.113. The van der Waals surface area contributed by atoms with E-state index in [2.05, 4.69) is 5.32 Å². The number of amides is 1. The highest BCUT2D eigenvalue weighted by Crippen LogP contribution is 2.36. The van der Waals surface area contributed by atoms with Crippen LogP contribution >= 0.6 is 23.1 Å². The molecule has 0 aliphatic rings. The quantitative estimate of drug-likeness (QED) is 0.646. The first kappa shape index (κ1) is 17.5. The predicted molar refractivity (Wildman–Crippen MR) is 104 cm³/mol. The van der Waals surface area contributed by atoms with Gasteiger partial charge in [-0.05, 0) is 11.6 Å². The number of ether oxygens (including phenoxy) is 1. The Morgan fingerprint density at radius 2 is 1.80 bits per heavy atom. The summed E-state index contributed by atoms with van der Waals surface area (Å²) in [5.74, 6) is 0.519. The van der Waals surface area contributed by atoms with Gasteiger partial charge in [-0.25, -0.2) is 4.79 Å². The lowest BCUT2D eigenvalue weighted by atomic mass is 10.2. The molecule has 0 saturated carbocycles. The van der Waals surface area contributed by atoms with Crippen LogP contribution in [0, 0.1) is 0 Å². The molecule has 3 aromatic rings. The monoisotopic (exact) mass is 371 g/mol. The van der Waals surface area contributed by atoms with Gasteiger partial charge >= 0.3 is 5.97 Å². The molecule has 0 atom stereocenters. The summed E-state index contributed by atoms with van der Waals surface area (Å²) in [7, 11) is 1.34. The van der Waals surface area contributed by atoms with E-state index in [1.54, 1.807) is 0 Å². The van der Waals surface area contributed by atoms with E-state index in [4.69, 9.17) is 4.74 Å². The van der Waals surface area contributed by atoms with Crippen molar-refractivity contribution in [1.29, 1.82) is 0 Å². The van der Waals surface area contributed by atoms with Crippen LogP contribution in [0.25, 0.3) is 10.1 Å². The highest BCUT2D eigenvalue weighted by atomic mass is 32.2. The van der Waals surface area contributed by atoms with Gasteiger partial charge in [0.25, 0.3) is 0 Å². The molecule has 0 aliphatic carbocycles. The van der Waals surface area contributed by atoms with Gasteiger partial charge in [0.15, 0.2) is 0 Å². The SMILES string of the molecule is COC(=O)c1sc2ccccc2c1NC(=O)CSCc1ccccc1. The molecule has 2 aromatic carbocycles. The zero-order valence-corrected chi connectivity index (χ0v) is 15.3. The minimum Gasteiger partial charge on any atom is -0.465 e. The number of thioether (sulfide) groups is 1. The predicted octanol–water partition coefficient (Wildman–Crippen LogP) is 4.56. The molecule has 0 radical (unpaired) electrons. The molecule has 25 heavy (non-hydrogen) atoms. The molecule has 0 spiro atoms. The summed E-state index contributed by atoms with van der Waals surface area (Å²) < 4.78 is 5.78. The fraction of sp³-hybridized carbons (Fsp3) is 0.158. The fourth-order valence-electron chi connectivity index (χ4n) is 2.42. The van der Waals surface area contributed by atoms with Crippen molar-refractivity contribution in [2.75, 3.05) is 18.2 Å². The van der Waals surface area contributed by atoms with Crippen LogP contribution < -0.4 is 5.32 Å². The second-order valence-electron chi connectivity index (χ2n) is 5.32. The van der Waals surface area contributed by atoms with Crippen LogP contribution in [0.1, 0.15) is 15.2 Å². The van der Waals surface area contributed by atoms with Crippen molar-refractivity contribution >= 4 is 50.7 Å². The molecule has 0 fully saturated rings. The van der Waals surface area contributed by atoms with Gasteiger partial charge in [-0.2, -0.15) is 0 Å². The van der Waals surface area contributed by atoms with Gasteiger partial charge in [0.2, 0.25) is 5.91 Å². The van der Waals surface area contributed by atoms with E-state index in [1.165, 1.54) is 35.8 Å². The van der Waals surface area contributed by atoms with Crippen LogP contribution in [0.4, 0.5) is 5.69 Å². The molecular formula is C19H17NO3S2. The first-order valence-corrected chi connectivity index (χ1v) is 9.67. The number of esters is 1. The Kier molecular flexibility index (Phi) is 5.73. The van der Waals surface area contributed by atoms with Crippen LogP contribution in [0.3, 0.4) is 0 Å². The number of hydrogen-bond acceptors (Lipinski definition) is 5. The standard InChI is InChI=1S/C19H17NO3S2/c1-23-19(22)18-17(14-9-5-6-10-15(14)25-18)20-16(21)12-24-11-13-7-3-2-4-8-13/h2-10H,11-12H2,1H3,(H,20,21). The van der Waals surface area contributed by atoms with Gasteiger partial charge in [-0.1, -0.05) is 48.5 Å². The van der Waals surface area contributed by atoms with Crippen molar-refractivity contribution in [2.45, 2.75) is 5.75 Å². The molecule has 1 heterocycles.